The number of hydrogen-bond donors (Lipinski definition) is 2. The van der Waals surface area contributed by atoms with E-state index < -0.39 is 26.4 Å². The number of hydrogen-bond acceptors (Lipinski definition) is 4. The SMILES string of the molecule is O=C(Nc1ccc2c(c1)C(=O)NC2)c1ccc(S(=O)(=O)C(F)F)cc1. The maximum atomic E-state index is 12.5. The Morgan fingerprint density at radius 1 is 1.12 bits per heavy atom. The average molecular weight is 366 g/mol. The van der Waals surface area contributed by atoms with Crippen LogP contribution in [0.15, 0.2) is 47.4 Å². The van der Waals surface area contributed by atoms with E-state index in [1.54, 1.807) is 12.1 Å². The highest BCUT2D eigenvalue weighted by Gasteiger charge is 2.26. The summed E-state index contributed by atoms with van der Waals surface area (Å²) in [6.45, 7) is 0.433. The number of nitrogens with one attached hydrogen (secondary N) is 2. The first-order valence-corrected chi connectivity index (χ1v) is 8.68. The molecule has 0 saturated carbocycles. The van der Waals surface area contributed by atoms with Crippen molar-refractivity contribution in [2.45, 2.75) is 17.2 Å². The van der Waals surface area contributed by atoms with E-state index in [-0.39, 0.29) is 11.5 Å². The second kappa shape index (κ2) is 6.25. The number of benzene rings is 2. The average Bonchev–Trinajstić information content (AvgIpc) is 2.95. The van der Waals surface area contributed by atoms with E-state index >= 15 is 0 Å². The topological polar surface area (TPSA) is 92.3 Å². The number of carbonyl (C=O) groups is 2. The fraction of sp³-hybridized carbons (Fsp3) is 0.125. The normalized spacial score (nSPS) is 13.5. The van der Waals surface area contributed by atoms with Crippen molar-refractivity contribution >= 4 is 27.3 Å². The third-order valence-corrected chi connectivity index (χ3v) is 5.13. The molecule has 9 heteroatoms. The lowest BCUT2D eigenvalue weighted by Gasteiger charge is -2.08. The van der Waals surface area contributed by atoms with Crippen LogP contribution in [0.2, 0.25) is 0 Å². The lowest BCUT2D eigenvalue weighted by atomic mass is 10.1. The van der Waals surface area contributed by atoms with Crippen molar-refractivity contribution in [3.63, 3.8) is 0 Å². The van der Waals surface area contributed by atoms with Gasteiger partial charge in [-0.1, -0.05) is 6.07 Å². The molecule has 1 aliphatic rings. The van der Waals surface area contributed by atoms with E-state index in [1.807, 2.05) is 0 Å². The Hall–Kier alpha value is -2.81. The molecule has 130 valence electrons. The van der Waals surface area contributed by atoms with Gasteiger partial charge in [-0.25, -0.2) is 8.42 Å². The first-order valence-electron chi connectivity index (χ1n) is 7.13. The van der Waals surface area contributed by atoms with Gasteiger partial charge in [-0.15, -0.1) is 0 Å². The molecule has 0 unspecified atom stereocenters. The summed E-state index contributed by atoms with van der Waals surface area (Å²) in [6, 6.07) is 9.06. The van der Waals surface area contributed by atoms with E-state index in [0.29, 0.717) is 17.8 Å². The molecule has 1 aliphatic heterocycles. The number of sulfone groups is 1. The van der Waals surface area contributed by atoms with Gasteiger partial charge in [0.05, 0.1) is 4.90 Å². The van der Waals surface area contributed by atoms with Crippen LogP contribution in [-0.2, 0) is 16.4 Å². The molecule has 2 aromatic rings. The quantitative estimate of drug-likeness (QED) is 0.868. The maximum absolute atomic E-state index is 12.5. The predicted molar refractivity (Wildman–Crippen MR) is 85.2 cm³/mol. The summed E-state index contributed by atoms with van der Waals surface area (Å²) in [7, 11) is -4.70. The highest BCUT2D eigenvalue weighted by Crippen LogP contribution is 2.22. The van der Waals surface area contributed by atoms with Crippen molar-refractivity contribution in [1.29, 1.82) is 0 Å². The summed E-state index contributed by atoms with van der Waals surface area (Å²) >= 11 is 0. The third-order valence-electron chi connectivity index (χ3n) is 3.73. The molecule has 6 nitrogen and oxygen atoms in total. The van der Waals surface area contributed by atoms with Gasteiger partial charge in [0.1, 0.15) is 0 Å². The fourth-order valence-corrected chi connectivity index (χ4v) is 3.11. The lowest BCUT2D eigenvalue weighted by Crippen LogP contribution is -2.15. The van der Waals surface area contributed by atoms with Crippen LogP contribution >= 0.6 is 0 Å². The van der Waals surface area contributed by atoms with Gasteiger partial charge in [0.15, 0.2) is 0 Å². The summed E-state index contributed by atoms with van der Waals surface area (Å²) in [5, 5.41) is 5.23. The molecule has 3 rings (SSSR count). The summed E-state index contributed by atoms with van der Waals surface area (Å²) in [6.07, 6.45) is 0. The zero-order valence-corrected chi connectivity index (χ0v) is 13.4. The number of halogens is 2. The van der Waals surface area contributed by atoms with Gasteiger partial charge in [-0.3, -0.25) is 9.59 Å². The van der Waals surface area contributed by atoms with Gasteiger partial charge < -0.3 is 10.6 Å². The molecule has 0 atom stereocenters. The fourth-order valence-electron chi connectivity index (χ4n) is 2.39. The van der Waals surface area contributed by atoms with Crippen molar-refractivity contribution in [3.05, 3.63) is 59.2 Å². The number of amides is 2. The Morgan fingerprint density at radius 3 is 2.44 bits per heavy atom. The number of carbonyl (C=O) groups excluding carboxylic acids is 2. The first-order chi connectivity index (χ1) is 11.8. The second-order valence-electron chi connectivity index (χ2n) is 5.34. The van der Waals surface area contributed by atoms with Crippen molar-refractivity contribution in [2.24, 2.45) is 0 Å². The van der Waals surface area contributed by atoms with Gasteiger partial charge in [0, 0.05) is 23.4 Å². The van der Waals surface area contributed by atoms with Gasteiger partial charge in [-0.2, -0.15) is 8.78 Å². The molecule has 0 spiro atoms. The number of fused-ring (bicyclic) bond motifs is 1. The number of anilines is 1. The lowest BCUT2D eigenvalue weighted by molar-refractivity contribution is 0.0964. The molecule has 0 radical (unpaired) electrons. The van der Waals surface area contributed by atoms with Crippen molar-refractivity contribution in [2.75, 3.05) is 5.32 Å². The molecule has 1 heterocycles. The molecule has 2 N–H and O–H groups in total. The van der Waals surface area contributed by atoms with E-state index in [4.69, 9.17) is 0 Å². The smallest absolute Gasteiger partial charge is 0.341 e. The minimum atomic E-state index is -4.70. The summed E-state index contributed by atoms with van der Waals surface area (Å²) in [4.78, 5) is 23.2. The van der Waals surface area contributed by atoms with Gasteiger partial charge in [-0.05, 0) is 42.0 Å². The van der Waals surface area contributed by atoms with Gasteiger partial charge in [0.2, 0.25) is 9.84 Å². The third kappa shape index (κ3) is 3.22. The van der Waals surface area contributed by atoms with Crippen LogP contribution in [0.5, 0.6) is 0 Å². The van der Waals surface area contributed by atoms with E-state index in [2.05, 4.69) is 10.6 Å². The Kier molecular flexibility index (Phi) is 4.25. The van der Waals surface area contributed by atoms with Crippen LogP contribution in [0.4, 0.5) is 14.5 Å². The van der Waals surface area contributed by atoms with Crippen LogP contribution in [0.25, 0.3) is 0 Å². The summed E-state index contributed by atoms with van der Waals surface area (Å²) in [5.41, 5.74) is 1.78. The number of alkyl halides is 2. The highest BCUT2D eigenvalue weighted by atomic mass is 32.2. The molecule has 0 aliphatic carbocycles. The zero-order valence-electron chi connectivity index (χ0n) is 12.6. The van der Waals surface area contributed by atoms with Gasteiger partial charge in [0.25, 0.3) is 11.8 Å². The van der Waals surface area contributed by atoms with Crippen LogP contribution < -0.4 is 10.6 Å². The van der Waals surface area contributed by atoms with Crippen LogP contribution in [-0.4, -0.2) is 26.0 Å². The monoisotopic (exact) mass is 366 g/mol. The highest BCUT2D eigenvalue weighted by molar-refractivity contribution is 7.91. The largest absolute Gasteiger partial charge is 0.348 e. The van der Waals surface area contributed by atoms with Crippen molar-refractivity contribution < 1.29 is 26.8 Å². The van der Waals surface area contributed by atoms with Crippen LogP contribution in [0, 0.1) is 0 Å². The van der Waals surface area contributed by atoms with Crippen LogP contribution in [0.3, 0.4) is 0 Å². The minimum absolute atomic E-state index is 0.0955. The standard InChI is InChI=1S/C16H12F2N2O4S/c17-16(18)25(23,24)12-5-2-9(3-6-12)14(21)20-11-4-1-10-8-19-15(22)13(10)7-11/h1-7,16H,8H2,(H,19,22)(H,20,21). The second-order valence-corrected chi connectivity index (χ2v) is 7.26. The molecule has 0 saturated heterocycles. The molecule has 0 fully saturated rings. The first kappa shape index (κ1) is 17.0. The van der Waals surface area contributed by atoms with Crippen molar-refractivity contribution in [3.8, 4) is 0 Å². The molecule has 2 amide bonds. The van der Waals surface area contributed by atoms with E-state index in [1.165, 1.54) is 6.07 Å². The Bertz CT molecular complexity index is 957. The Balaban J connectivity index is 1.78. The van der Waals surface area contributed by atoms with Crippen molar-refractivity contribution in [1.82, 2.24) is 5.32 Å². The molecular formula is C16H12F2N2O4S. The van der Waals surface area contributed by atoms with Gasteiger partial charge >= 0.3 is 5.76 Å². The minimum Gasteiger partial charge on any atom is -0.348 e. The van der Waals surface area contributed by atoms with E-state index in [0.717, 1.165) is 29.8 Å². The zero-order chi connectivity index (χ0) is 18.2. The van der Waals surface area contributed by atoms with Crippen LogP contribution in [0.1, 0.15) is 26.3 Å². The predicted octanol–water partition coefficient (Wildman–Crippen LogP) is 2.18. The molecular weight excluding hydrogens is 354 g/mol. The van der Waals surface area contributed by atoms with E-state index in [9.17, 15) is 26.8 Å². The number of rotatable bonds is 4. The molecule has 2 aromatic carbocycles. The molecule has 25 heavy (non-hydrogen) atoms. The maximum Gasteiger partial charge on any atom is 0.341 e. The Morgan fingerprint density at radius 2 is 1.80 bits per heavy atom. The Labute approximate surface area is 141 Å². The molecule has 0 aromatic heterocycles. The summed E-state index contributed by atoms with van der Waals surface area (Å²) < 4.78 is 47.7. The molecule has 0 bridgehead atoms. The summed E-state index contributed by atoms with van der Waals surface area (Å²) in [5.74, 6) is -4.31.